The summed E-state index contributed by atoms with van der Waals surface area (Å²) in [6.07, 6.45) is 0.803. The van der Waals surface area contributed by atoms with Gasteiger partial charge in [0.25, 0.3) is 0 Å². The molecule has 1 aliphatic rings. The van der Waals surface area contributed by atoms with Gasteiger partial charge < -0.3 is 20.6 Å². The standard InChI is InChI=1S/C10H19NO4/c1-9(2)3-7(9)8(15)11-10(4-12,5-13)6-14/h7,12-14H,3-6H2,1-2H3,(H,11,15). The summed E-state index contributed by atoms with van der Waals surface area (Å²) in [6.45, 7) is 2.54. The van der Waals surface area contributed by atoms with Gasteiger partial charge in [0.2, 0.25) is 5.91 Å². The lowest BCUT2D eigenvalue weighted by molar-refractivity contribution is -0.127. The van der Waals surface area contributed by atoms with Crippen LogP contribution in [-0.4, -0.2) is 46.6 Å². The molecule has 0 spiro atoms. The van der Waals surface area contributed by atoms with Gasteiger partial charge >= 0.3 is 0 Å². The van der Waals surface area contributed by atoms with Crippen LogP contribution < -0.4 is 5.32 Å². The summed E-state index contributed by atoms with van der Waals surface area (Å²) in [7, 11) is 0. The van der Waals surface area contributed by atoms with Gasteiger partial charge in [-0.25, -0.2) is 0 Å². The second-order valence-electron chi connectivity index (χ2n) is 4.99. The molecule has 0 bridgehead atoms. The van der Waals surface area contributed by atoms with Gasteiger partial charge in [-0.3, -0.25) is 4.79 Å². The van der Waals surface area contributed by atoms with Crippen LogP contribution in [0.3, 0.4) is 0 Å². The molecule has 0 heterocycles. The molecule has 1 rings (SSSR count). The third-order valence-electron chi connectivity index (χ3n) is 3.13. The minimum Gasteiger partial charge on any atom is -0.394 e. The Kier molecular flexibility index (Phi) is 3.38. The molecular formula is C10H19NO4. The van der Waals surface area contributed by atoms with Crippen LogP contribution >= 0.6 is 0 Å². The van der Waals surface area contributed by atoms with E-state index in [0.717, 1.165) is 6.42 Å². The predicted molar refractivity (Wildman–Crippen MR) is 54.0 cm³/mol. The number of hydrogen-bond acceptors (Lipinski definition) is 4. The molecule has 0 radical (unpaired) electrons. The first kappa shape index (κ1) is 12.4. The lowest BCUT2D eigenvalue weighted by atomic mass is 10.0. The summed E-state index contributed by atoms with van der Waals surface area (Å²) in [4.78, 5) is 11.7. The molecule has 0 aromatic rings. The van der Waals surface area contributed by atoms with Crippen LogP contribution in [0.5, 0.6) is 0 Å². The van der Waals surface area contributed by atoms with Gasteiger partial charge in [-0.15, -0.1) is 0 Å². The van der Waals surface area contributed by atoms with Gasteiger partial charge in [0.05, 0.1) is 19.8 Å². The van der Waals surface area contributed by atoms with E-state index in [1.165, 1.54) is 0 Å². The second kappa shape index (κ2) is 4.08. The Balaban J connectivity index is 2.56. The van der Waals surface area contributed by atoms with E-state index in [0.29, 0.717) is 0 Å². The lowest BCUT2D eigenvalue weighted by Crippen LogP contribution is -2.57. The van der Waals surface area contributed by atoms with Crippen molar-refractivity contribution in [3.05, 3.63) is 0 Å². The molecule has 0 saturated heterocycles. The quantitative estimate of drug-likeness (QED) is 0.469. The molecule has 0 aromatic heterocycles. The molecular weight excluding hydrogens is 198 g/mol. The summed E-state index contributed by atoms with van der Waals surface area (Å²) < 4.78 is 0. The molecule has 88 valence electrons. The van der Waals surface area contributed by atoms with Crippen molar-refractivity contribution in [2.75, 3.05) is 19.8 Å². The molecule has 5 heteroatoms. The average molecular weight is 217 g/mol. The van der Waals surface area contributed by atoms with Crippen molar-refractivity contribution < 1.29 is 20.1 Å². The zero-order valence-electron chi connectivity index (χ0n) is 9.16. The largest absolute Gasteiger partial charge is 0.394 e. The molecule has 0 aromatic carbocycles. The fourth-order valence-corrected chi connectivity index (χ4v) is 1.53. The van der Waals surface area contributed by atoms with E-state index in [-0.39, 0.29) is 17.2 Å². The maximum absolute atomic E-state index is 11.7. The van der Waals surface area contributed by atoms with E-state index < -0.39 is 25.4 Å². The SMILES string of the molecule is CC1(C)CC1C(=O)NC(CO)(CO)CO. The number of aliphatic hydroxyl groups excluding tert-OH is 3. The van der Waals surface area contributed by atoms with E-state index in [4.69, 9.17) is 15.3 Å². The third-order valence-corrected chi connectivity index (χ3v) is 3.13. The van der Waals surface area contributed by atoms with Crippen LogP contribution in [0, 0.1) is 11.3 Å². The number of amides is 1. The van der Waals surface area contributed by atoms with Crippen LogP contribution in [-0.2, 0) is 4.79 Å². The zero-order valence-corrected chi connectivity index (χ0v) is 9.16. The maximum atomic E-state index is 11.7. The minimum atomic E-state index is -1.30. The fourth-order valence-electron chi connectivity index (χ4n) is 1.53. The van der Waals surface area contributed by atoms with Gasteiger partial charge in [-0.2, -0.15) is 0 Å². The molecule has 1 unspecified atom stereocenters. The number of rotatable bonds is 5. The van der Waals surface area contributed by atoms with Gasteiger partial charge in [0, 0.05) is 5.92 Å². The molecule has 0 aliphatic heterocycles. The summed E-state index contributed by atoms with van der Waals surface area (Å²) >= 11 is 0. The monoisotopic (exact) mass is 217 g/mol. The van der Waals surface area contributed by atoms with Gasteiger partial charge in [0.15, 0.2) is 0 Å². The Labute approximate surface area is 89.1 Å². The molecule has 5 nitrogen and oxygen atoms in total. The van der Waals surface area contributed by atoms with E-state index in [9.17, 15) is 4.79 Å². The maximum Gasteiger partial charge on any atom is 0.224 e. The molecule has 1 atom stereocenters. The third kappa shape index (κ3) is 2.48. The Morgan fingerprint density at radius 3 is 2.00 bits per heavy atom. The van der Waals surface area contributed by atoms with Crippen LogP contribution in [0.25, 0.3) is 0 Å². The number of aliphatic hydroxyl groups is 3. The first-order valence-electron chi connectivity index (χ1n) is 5.05. The highest BCUT2D eigenvalue weighted by Crippen LogP contribution is 2.51. The van der Waals surface area contributed by atoms with Crippen LogP contribution in [0.4, 0.5) is 0 Å². The summed E-state index contributed by atoms with van der Waals surface area (Å²) in [6, 6.07) is 0. The van der Waals surface area contributed by atoms with Crippen LogP contribution in [0.1, 0.15) is 20.3 Å². The number of carbonyl (C=O) groups is 1. The van der Waals surface area contributed by atoms with Crippen molar-refractivity contribution in [1.82, 2.24) is 5.32 Å². The minimum absolute atomic E-state index is 0.00378. The van der Waals surface area contributed by atoms with E-state index >= 15 is 0 Å². The fraction of sp³-hybridized carbons (Fsp3) is 0.900. The Hall–Kier alpha value is -0.650. The predicted octanol–water partition coefficient (Wildman–Crippen LogP) is -1.14. The Morgan fingerprint density at radius 2 is 1.73 bits per heavy atom. The lowest BCUT2D eigenvalue weighted by Gasteiger charge is -2.29. The van der Waals surface area contributed by atoms with Gasteiger partial charge in [0.1, 0.15) is 5.54 Å². The highest BCUT2D eigenvalue weighted by atomic mass is 16.3. The summed E-state index contributed by atoms with van der Waals surface area (Å²) in [5, 5.41) is 29.6. The normalized spacial score (nSPS) is 23.7. The Bertz CT molecular complexity index is 240. The van der Waals surface area contributed by atoms with Crippen molar-refractivity contribution >= 4 is 5.91 Å². The molecule has 1 saturated carbocycles. The average Bonchev–Trinajstić information content (AvgIpc) is 2.84. The number of carbonyl (C=O) groups excluding carboxylic acids is 1. The highest BCUT2D eigenvalue weighted by molar-refractivity contribution is 5.83. The van der Waals surface area contributed by atoms with Crippen molar-refractivity contribution in [1.29, 1.82) is 0 Å². The topological polar surface area (TPSA) is 89.8 Å². The van der Waals surface area contributed by atoms with E-state index in [1.807, 2.05) is 13.8 Å². The van der Waals surface area contributed by atoms with Gasteiger partial charge in [-0.1, -0.05) is 13.8 Å². The molecule has 1 fully saturated rings. The first-order chi connectivity index (χ1) is 6.90. The molecule has 4 N–H and O–H groups in total. The summed E-state index contributed by atoms with van der Waals surface area (Å²) in [5.41, 5.74) is -1.30. The molecule has 1 amide bonds. The van der Waals surface area contributed by atoms with Crippen molar-refractivity contribution in [3.8, 4) is 0 Å². The number of nitrogens with one attached hydrogen (secondary N) is 1. The van der Waals surface area contributed by atoms with Gasteiger partial charge in [-0.05, 0) is 11.8 Å². The van der Waals surface area contributed by atoms with E-state index in [2.05, 4.69) is 5.32 Å². The summed E-state index contributed by atoms with van der Waals surface area (Å²) in [5.74, 6) is -0.293. The number of hydrogen-bond donors (Lipinski definition) is 4. The Morgan fingerprint density at radius 1 is 1.33 bits per heavy atom. The smallest absolute Gasteiger partial charge is 0.224 e. The van der Waals surface area contributed by atoms with Crippen molar-refractivity contribution in [2.24, 2.45) is 11.3 Å². The van der Waals surface area contributed by atoms with Crippen molar-refractivity contribution in [2.45, 2.75) is 25.8 Å². The molecule has 1 aliphatic carbocycles. The first-order valence-corrected chi connectivity index (χ1v) is 5.05. The van der Waals surface area contributed by atoms with E-state index in [1.54, 1.807) is 0 Å². The second-order valence-corrected chi connectivity index (χ2v) is 4.99. The zero-order chi connectivity index (χ0) is 11.7. The highest BCUT2D eigenvalue weighted by Gasteiger charge is 2.51. The van der Waals surface area contributed by atoms with Crippen LogP contribution in [0.15, 0.2) is 0 Å². The molecule has 15 heavy (non-hydrogen) atoms. The van der Waals surface area contributed by atoms with Crippen LogP contribution in [0.2, 0.25) is 0 Å². The van der Waals surface area contributed by atoms with Crippen molar-refractivity contribution in [3.63, 3.8) is 0 Å².